The van der Waals surface area contributed by atoms with E-state index in [1.807, 2.05) is 6.08 Å². The zero-order chi connectivity index (χ0) is 12.5. The Balaban J connectivity index is 0.00000162. The molecule has 1 N–H and O–H groups in total. The average Bonchev–Trinajstić information content (AvgIpc) is 2.29. The molecule has 1 aliphatic heterocycles. The van der Waals surface area contributed by atoms with E-state index in [1.165, 1.54) is 6.07 Å². The summed E-state index contributed by atoms with van der Waals surface area (Å²) < 4.78 is 38.0. The summed E-state index contributed by atoms with van der Waals surface area (Å²) in [5, 5.41) is 2.86. The van der Waals surface area contributed by atoms with Crippen LogP contribution in [0.25, 0.3) is 5.57 Å². The molecule has 0 unspecified atom stereocenters. The van der Waals surface area contributed by atoms with Crippen LogP contribution in [0.5, 0.6) is 0 Å². The molecule has 100 valence electrons. The Morgan fingerprint density at radius 2 is 1.94 bits per heavy atom. The summed E-state index contributed by atoms with van der Waals surface area (Å²) in [4.78, 5) is 0. The molecule has 2 rings (SSSR count). The summed E-state index contributed by atoms with van der Waals surface area (Å²) in [6, 6.07) is 4.07. The number of nitrogens with one attached hydrogen (secondary N) is 1. The van der Waals surface area contributed by atoms with Crippen LogP contribution in [0.1, 0.15) is 17.5 Å². The number of hydrogen-bond donors (Lipinski definition) is 1. The Labute approximate surface area is 114 Å². The van der Waals surface area contributed by atoms with Crippen LogP contribution in [-0.2, 0) is 6.18 Å². The van der Waals surface area contributed by atoms with Gasteiger partial charge in [0, 0.05) is 6.54 Å². The highest BCUT2D eigenvalue weighted by Gasteiger charge is 2.33. The minimum absolute atomic E-state index is 0. The first-order chi connectivity index (χ1) is 7.98. The quantitative estimate of drug-likeness (QED) is 0.821. The highest BCUT2D eigenvalue weighted by Crippen LogP contribution is 2.36. The van der Waals surface area contributed by atoms with Crippen LogP contribution in [0.2, 0.25) is 5.02 Å². The molecule has 0 saturated heterocycles. The molecule has 1 nitrogen and oxygen atoms in total. The monoisotopic (exact) mass is 297 g/mol. The van der Waals surface area contributed by atoms with E-state index in [9.17, 15) is 13.2 Å². The molecular weight excluding hydrogens is 286 g/mol. The van der Waals surface area contributed by atoms with E-state index in [-0.39, 0.29) is 17.4 Å². The third-order valence-electron chi connectivity index (χ3n) is 2.71. The van der Waals surface area contributed by atoms with Gasteiger partial charge in [-0.1, -0.05) is 23.7 Å². The predicted molar refractivity (Wildman–Crippen MR) is 69.2 cm³/mol. The van der Waals surface area contributed by atoms with Crippen LogP contribution in [0.4, 0.5) is 13.2 Å². The standard InChI is InChI=1S/C12H11ClF3N.ClH/c13-11-2-1-9(7-10(11)12(14,15)16)8-3-5-17-6-4-8;/h1-3,7,17H,4-6H2;1H. The average molecular weight is 298 g/mol. The van der Waals surface area contributed by atoms with Crippen LogP contribution < -0.4 is 5.32 Å². The molecule has 0 fully saturated rings. The molecule has 0 saturated carbocycles. The Kier molecular flexibility index (Phi) is 5.08. The van der Waals surface area contributed by atoms with Crippen molar-refractivity contribution >= 4 is 29.6 Å². The second-order valence-corrected chi connectivity index (χ2v) is 4.28. The second-order valence-electron chi connectivity index (χ2n) is 3.88. The molecule has 0 radical (unpaired) electrons. The van der Waals surface area contributed by atoms with Gasteiger partial charge in [0.05, 0.1) is 10.6 Å². The van der Waals surface area contributed by atoms with Crippen molar-refractivity contribution in [1.82, 2.24) is 5.32 Å². The van der Waals surface area contributed by atoms with Gasteiger partial charge >= 0.3 is 6.18 Å². The van der Waals surface area contributed by atoms with Crippen LogP contribution >= 0.6 is 24.0 Å². The maximum atomic E-state index is 12.7. The topological polar surface area (TPSA) is 12.0 Å². The van der Waals surface area contributed by atoms with E-state index >= 15 is 0 Å². The molecular formula is C12H12Cl2F3N. The molecule has 18 heavy (non-hydrogen) atoms. The minimum atomic E-state index is -4.40. The summed E-state index contributed by atoms with van der Waals surface area (Å²) in [7, 11) is 0. The third-order valence-corrected chi connectivity index (χ3v) is 3.04. The van der Waals surface area contributed by atoms with E-state index in [2.05, 4.69) is 5.32 Å². The number of halogens is 5. The van der Waals surface area contributed by atoms with E-state index in [4.69, 9.17) is 11.6 Å². The molecule has 0 bridgehead atoms. The summed E-state index contributed by atoms with van der Waals surface area (Å²) in [5.41, 5.74) is 0.769. The lowest BCUT2D eigenvalue weighted by atomic mass is 9.98. The Hall–Kier alpha value is -0.710. The van der Waals surface area contributed by atoms with Gasteiger partial charge < -0.3 is 5.32 Å². The smallest absolute Gasteiger partial charge is 0.313 e. The SMILES string of the molecule is Cl.FC(F)(F)c1cc(C2=CCNCC2)ccc1Cl. The van der Waals surface area contributed by atoms with E-state index in [0.717, 1.165) is 24.6 Å². The van der Waals surface area contributed by atoms with Gasteiger partial charge in [0.2, 0.25) is 0 Å². The number of hydrogen-bond acceptors (Lipinski definition) is 1. The van der Waals surface area contributed by atoms with E-state index < -0.39 is 11.7 Å². The highest BCUT2D eigenvalue weighted by atomic mass is 35.5. The fraction of sp³-hybridized carbons (Fsp3) is 0.333. The van der Waals surface area contributed by atoms with E-state index in [1.54, 1.807) is 6.07 Å². The van der Waals surface area contributed by atoms with Crippen LogP contribution in [-0.4, -0.2) is 13.1 Å². The first kappa shape index (κ1) is 15.3. The van der Waals surface area contributed by atoms with Crippen molar-refractivity contribution in [3.63, 3.8) is 0 Å². The summed E-state index contributed by atoms with van der Waals surface area (Å²) in [5.74, 6) is 0. The second kappa shape index (κ2) is 5.95. The van der Waals surface area contributed by atoms with Gasteiger partial charge in [-0.3, -0.25) is 0 Å². The van der Waals surface area contributed by atoms with Gasteiger partial charge in [0.25, 0.3) is 0 Å². The lowest BCUT2D eigenvalue weighted by Gasteiger charge is -2.16. The van der Waals surface area contributed by atoms with Gasteiger partial charge in [0.1, 0.15) is 0 Å². The maximum Gasteiger partial charge on any atom is 0.417 e. The van der Waals surface area contributed by atoms with Gasteiger partial charge in [-0.2, -0.15) is 13.2 Å². The molecule has 1 aliphatic rings. The van der Waals surface area contributed by atoms with Crippen LogP contribution in [0.15, 0.2) is 24.3 Å². The Morgan fingerprint density at radius 3 is 2.50 bits per heavy atom. The Morgan fingerprint density at radius 1 is 1.22 bits per heavy atom. The van der Waals surface area contributed by atoms with Gasteiger partial charge in [0.15, 0.2) is 0 Å². The largest absolute Gasteiger partial charge is 0.417 e. The molecule has 0 atom stereocenters. The van der Waals surface area contributed by atoms with Gasteiger partial charge in [-0.25, -0.2) is 0 Å². The van der Waals surface area contributed by atoms with E-state index in [0.29, 0.717) is 12.1 Å². The summed E-state index contributed by atoms with van der Waals surface area (Å²) in [6.07, 6.45) is -1.76. The highest BCUT2D eigenvalue weighted by molar-refractivity contribution is 6.31. The summed E-state index contributed by atoms with van der Waals surface area (Å²) in [6.45, 7) is 1.48. The van der Waals surface area contributed by atoms with Crippen molar-refractivity contribution in [2.24, 2.45) is 0 Å². The fourth-order valence-electron chi connectivity index (χ4n) is 1.83. The van der Waals surface area contributed by atoms with Crippen molar-refractivity contribution in [2.75, 3.05) is 13.1 Å². The van der Waals surface area contributed by atoms with Crippen molar-refractivity contribution in [2.45, 2.75) is 12.6 Å². The molecule has 0 aromatic heterocycles. The molecule has 1 heterocycles. The minimum Gasteiger partial charge on any atom is -0.313 e. The lowest BCUT2D eigenvalue weighted by molar-refractivity contribution is -0.137. The maximum absolute atomic E-state index is 12.7. The molecule has 6 heteroatoms. The first-order valence-electron chi connectivity index (χ1n) is 5.25. The van der Waals surface area contributed by atoms with Crippen molar-refractivity contribution in [3.8, 4) is 0 Å². The third kappa shape index (κ3) is 3.40. The number of benzene rings is 1. The zero-order valence-corrected chi connectivity index (χ0v) is 10.9. The molecule has 0 spiro atoms. The fourth-order valence-corrected chi connectivity index (χ4v) is 2.05. The lowest BCUT2D eigenvalue weighted by Crippen LogP contribution is -2.20. The summed E-state index contributed by atoms with van der Waals surface area (Å²) >= 11 is 5.57. The van der Waals surface area contributed by atoms with Gasteiger partial charge in [-0.15, -0.1) is 12.4 Å². The number of alkyl halides is 3. The van der Waals surface area contributed by atoms with Crippen molar-refractivity contribution in [1.29, 1.82) is 0 Å². The molecule has 1 aromatic rings. The number of rotatable bonds is 1. The van der Waals surface area contributed by atoms with Crippen molar-refractivity contribution in [3.05, 3.63) is 40.4 Å². The van der Waals surface area contributed by atoms with Crippen LogP contribution in [0, 0.1) is 0 Å². The van der Waals surface area contributed by atoms with Gasteiger partial charge in [-0.05, 0) is 36.2 Å². The molecule has 0 aliphatic carbocycles. The normalized spacial score (nSPS) is 15.9. The Bertz CT molecular complexity index is 455. The zero-order valence-electron chi connectivity index (χ0n) is 9.35. The van der Waals surface area contributed by atoms with Crippen molar-refractivity contribution < 1.29 is 13.2 Å². The first-order valence-corrected chi connectivity index (χ1v) is 5.63. The van der Waals surface area contributed by atoms with Crippen LogP contribution in [0.3, 0.4) is 0 Å². The molecule has 1 aromatic carbocycles. The molecule has 0 amide bonds. The predicted octanol–water partition coefficient (Wildman–Crippen LogP) is 4.16.